The minimum Gasteiger partial charge on any atom is -0.398 e. The fourth-order valence-corrected chi connectivity index (χ4v) is 2.76. The molecule has 2 rings (SSSR count). The number of hydrogen-bond acceptors (Lipinski definition) is 3. The number of nitrogens with one attached hydrogen (secondary N) is 1. The Bertz CT molecular complexity index is 434. The molecule has 18 heavy (non-hydrogen) atoms. The first kappa shape index (κ1) is 13.7. The van der Waals surface area contributed by atoms with Gasteiger partial charge in [-0.05, 0) is 24.1 Å². The van der Waals surface area contributed by atoms with Gasteiger partial charge in [0, 0.05) is 25.1 Å². The van der Waals surface area contributed by atoms with Crippen LogP contribution in [0.3, 0.4) is 0 Å². The highest BCUT2D eigenvalue weighted by atomic mass is 35.5. The number of halogens is 1. The van der Waals surface area contributed by atoms with Crippen LogP contribution in [0.25, 0.3) is 0 Å². The molecule has 1 saturated carbocycles. The Hall–Kier alpha value is -0.770. The summed E-state index contributed by atoms with van der Waals surface area (Å²) in [5.74, 6) is 0. The number of nitrogens with two attached hydrogens (primary N) is 1. The zero-order valence-electron chi connectivity index (χ0n) is 11.2. The SMILES string of the molecule is COC1CC(NCc2ccc(N)c(Cl)c2)C1(C)C. The van der Waals surface area contributed by atoms with Gasteiger partial charge in [0.25, 0.3) is 0 Å². The fourth-order valence-electron chi connectivity index (χ4n) is 2.55. The number of nitrogen functional groups attached to an aromatic ring is 1. The second kappa shape index (κ2) is 5.08. The van der Waals surface area contributed by atoms with E-state index in [1.807, 2.05) is 18.2 Å². The first-order valence-corrected chi connectivity index (χ1v) is 6.63. The van der Waals surface area contributed by atoms with Crippen LogP contribution in [0, 0.1) is 5.41 Å². The van der Waals surface area contributed by atoms with Gasteiger partial charge in [-0.2, -0.15) is 0 Å². The van der Waals surface area contributed by atoms with Crippen LogP contribution in [0.15, 0.2) is 18.2 Å². The molecular weight excluding hydrogens is 248 g/mol. The molecule has 0 aromatic heterocycles. The maximum Gasteiger partial charge on any atom is 0.0652 e. The van der Waals surface area contributed by atoms with E-state index in [9.17, 15) is 0 Å². The smallest absolute Gasteiger partial charge is 0.0652 e. The second-order valence-electron chi connectivity index (χ2n) is 5.57. The first-order valence-electron chi connectivity index (χ1n) is 6.25. The van der Waals surface area contributed by atoms with Crippen molar-refractivity contribution in [2.45, 2.75) is 39.0 Å². The van der Waals surface area contributed by atoms with Crippen LogP contribution in [0.2, 0.25) is 5.02 Å². The molecule has 2 unspecified atom stereocenters. The van der Waals surface area contributed by atoms with E-state index in [1.54, 1.807) is 7.11 Å². The zero-order valence-corrected chi connectivity index (χ0v) is 11.9. The maximum atomic E-state index is 6.01. The Kier molecular flexibility index (Phi) is 3.85. The van der Waals surface area contributed by atoms with Crippen molar-refractivity contribution in [2.75, 3.05) is 12.8 Å². The van der Waals surface area contributed by atoms with Gasteiger partial charge in [0.2, 0.25) is 0 Å². The van der Waals surface area contributed by atoms with E-state index in [2.05, 4.69) is 19.2 Å². The number of methoxy groups -OCH3 is 1. The molecule has 0 heterocycles. The topological polar surface area (TPSA) is 47.3 Å². The molecule has 0 saturated heterocycles. The van der Waals surface area contributed by atoms with Crippen molar-refractivity contribution >= 4 is 17.3 Å². The highest BCUT2D eigenvalue weighted by molar-refractivity contribution is 6.33. The molecule has 3 N–H and O–H groups in total. The molecule has 1 aromatic carbocycles. The van der Waals surface area contributed by atoms with E-state index in [1.165, 1.54) is 0 Å². The van der Waals surface area contributed by atoms with Gasteiger partial charge in [0.05, 0.1) is 16.8 Å². The Balaban J connectivity index is 1.91. The lowest BCUT2D eigenvalue weighted by molar-refractivity contribution is -0.0979. The summed E-state index contributed by atoms with van der Waals surface area (Å²) in [6.45, 7) is 5.28. The largest absolute Gasteiger partial charge is 0.398 e. The summed E-state index contributed by atoms with van der Waals surface area (Å²) < 4.78 is 5.44. The van der Waals surface area contributed by atoms with Crippen molar-refractivity contribution in [1.29, 1.82) is 0 Å². The molecule has 0 spiro atoms. The van der Waals surface area contributed by atoms with Crippen molar-refractivity contribution in [2.24, 2.45) is 5.41 Å². The number of ether oxygens (including phenoxy) is 1. The van der Waals surface area contributed by atoms with Crippen LogP contribution in [0.1, 0.15) is 25.8 Å². The second-order valence-corrected chi connectivity index (χ2v) is 5.98. The van der Waals surface area contributed by atoms with E-state index in [-0.39, 0.29) is 5.41 Å². The lowest BCUT2D eigenvalue weighted by Gasteiger charge is -2.51. The molecule has 1 aliphatic rings. The van der Waals surface area contributed by atoms with Crippen LogP contribution in [-0.2, 0) is 11.3 Å². The van der Waals surface area contributed by atoms with Crippen molar-refractivity contribution in [3.8, 4) is 0 Å². The van der Waals surface area contributed by atoms with Gasteiger partial charge < -0.3 is 15.8 Å². The third-order valence-corrected chi connectivity index (χ3v) is 4.41. The van der Waals surface area contributed by atoms with Gasteiger partial charge in [0.1, 0.15) is 0 Å². The zero-order chi connectivity index (χ0) is 13.3. The molecule has 1 fully saturated rings. The number of hydrogen-bond donors (Lipinski definition) is 2. The van der Waals surface area contributed by atoms with E-state index < -0.39 is 0 Å². The average molecular weight is 269 g/mol. The minimum absolute atomic E-state index is 0.187. The Morgan fingerprint density at radius 2 is 2.22 bits per heavy atom. The van der Waals surface area contributed by atoms with Crippen LogP contribution < -0.4 is 11.1 Å². The van der Waals surface area contributed by atoms with Crippen molar-refractivity contribution in [3.05, 3.63) is 28.8 Å². The van der Waals surface area contributed by atoms with Gasteiger partial charge in [-0.15, -0.1) is 0 Å². The summed E-state index contributed by atoms with van der Waals surface area (Å²) in [5.41, 5.74) is 7.67. The van der Waals surface area contributed by atoms with E-state index in [4.69, 9.17) is 22.1 Å². The predicted octanol–water partition coefficient (Wildman–Crippen LogP) is 2.83. The Morgan fingerprint density at radius 3 is 2.78 bits per heavy atom. The third-order valence-electron chi connectivity index (χ3n) is 4.08. The Morgan fingerprint density at radius 1 is 1.50 bits per heavy atom. The maximum absolute atomic E-state index is 6.01. The summed E-state index contributed by atoms with van der Waals surface area (Å²) in [7, 11) is 1.78. The van der Waals surface area contributed by atoms with Gasteiger partial charge >= 0.3 is 0 Å². The summed E-state index contributed by atoms with van der Waals surface area (Å²) in [5, 5.41) is 4.18. The fraction of sp³-hybridized carbons (Fsp3) is 0.571. The lowest BCUT2D eigenvalue weighted by atomic mass is 9.64. The van der Waals surface area contributed by atoms with Gasteiger partial charge in [-0.25, -0.2) is 0 Å². The minimum atomic E-state index is 0.187. The highest BCUT2D eigenvalue weighted by Gasteiger charge is 2.48. The molecule has 3 nitrogen and oxygen atoms in total. The van der Waals surface area contributed by atoms with E-state index in [0.717, 1.165) is 18.5 Å². The monoisotopic (exact) mass is 268 g/mol. The quantitative estimate of drug-likeness (QED) is 0.826. The predicted molar refractivity (Wildman–Crippen MR) is 75.7 cm³/mol. The van der Waals surface area contributed by atoms with Gasteiger partial charge in [-0.1, -0.05) is 31.5 Å². The lowest BCUT2D eigenvalue weighted by Crippen LogP contribution is -2.60. The number of rotatable bonds is 4. The summed E-state index contributed by atoms with van der Waals surface area (Å²) in [6.07, 6.45) is 1.41. The van der Waals surface area contributed by atoms with E-state index in [0.29, 0.717) is 22.9 Å². The molecule has 0 radical (unpaired) electrons. The summed E-state index contributed by atoms with van der Waals surface area (Å²) in [4.78, 5) is 0. The number of anilines is 1. The highest BCUT2D eigenvalue weighted by Crippen LogP contribution is 2.42. The molecule has 1 aliphatic carbocycles. The van der Waals surface area contributed by atoms with Gasteiger partial charge in [-0.3, -0.25) is 0 Å². The van der Waals surface area contributed by atoms with Crippen LogP contribution in [0.4, 0.5) is 5.69 Å². The van der Waals surface area contributed by atoms with Crippen molar-refractivity contribution in [1.82, 2.24) is 5.32 Å². The molecule has 4 heteroatoms. The van der Waals surface area contributed by atoms with Gasteiger partial charge in [0.15, 0.2) is 0 Å². The Labute approximate surface area is 114 Å². The molecule has 0 amide bonds. The molecule has 2 atom stereocenters. The number of benzene rings is 1. The standard InChI is InChI=1S/C14H21ClN2O/c1-14(2)12(7-13(14)18-3)17-8-9-4-5-11(16)10(15)6-9/h4-6,12-13,17H,7-8,16H2,1-3H3. The van der Waals surface area contributed by atoms with Crippen LogP contribution >= 0.6 is 11.6 Å². The molecular formula is C14H21ClN2O. The molecule has 1 aromatic rings. The summed E-state index contributed by atoms with van der Waals surface area (Å²) >= 11 is 6.01. The normalized spacial score (nSPS) is 25.8. The van der Waals surface area contributed by atoms with Crippen LogP contribution in [-0.4, -0.2) is 19.3 Å². The third kappa shape index (κ3) is 2.48. The molecule has 100 valence electrons. The first-order chi connectivity index (χ1) is 8.45. The summed E-state index contributed by atoms with van der Waals surface area (Å²) in [6, 6.07) is 6.26. The van der Waals surface area contributed by atoms with Crippen molar-refractivity contribution < 1.29 is 4.74 Å². The molecule has 0 bridgehead atoms. The average Bonchev–Trinajstić information content (AvgIpc) is 2.32. The van der Waals surface area contributed by atoms with Crippen molar-refractivity contribution in [3.63, 3.8) is 0 Å². The molecule has 0 aliphatic heterocycles. The van der Waals surface area contributed by atoms with E-state index >= 15 is 0 Å². The van der Waals surface area contributed by atoms with Crippen LogP contribution in [0.5, 0.6) is 0 Å².